The van der Waals surface area contributed by atoms with E-state index >= 15 is 0 Å². The van der Waals surface area contributed by atoms with Crippen LogP contribution in [0.25, 0.3) is 0 Å². The lowest BCUT2D eigenvalue weighted by Crippen LogP contribution is -2.28. The second-order valence-electron chi connectivity index (χ2n) is 5.04. The van der Waals surface area contributed by atoms with Gasteiger partial charge in [0.15, 0.2) is 0 Å². The number of aryl methyl sites for hydroxylation is 1. The minimum absolute atomic E-state index is 0.0393. The van der Waals surface area contributed by atoms with Crippen LogP contribution in [0.3, 0.4) is 0 Å². The number of carbonyl (C=O) groups excluding carboxylic acids is 1. The molecule has 2 rings (SSSR count). The van der Waals surface area contributed by atoms with E-state index in [9.17, 15) is 9.59 Å². The van der Waals surface area contributed by atoms with Crippen molar-refractivity contribution < 1.29 is 9.53 Å². The van der Waals surface area contributed by atoms with Gasteiger partial charge in [-0.05, 0) is 37.1 Å². The third-order valence-electron chi connectivity index (χ3n) is 3.25. The van der Waals surface area contributed by atoms with Crippen molar-refractivity contribution in [3.05, 3.63) is 58.5 Å². The van der Waals surface area contributed by atoms with E-state index < -0.39 is 0 Å². The lowest BCUT2D eigenvalue weighted by molar-refractivity contribution is -0.120. The summed E-state index contributed by atoms with van der Waals surface area (Å²) in [6.45, 7) is 3.56. The van der Waals surface area contributed by atoms with Gasteiger partial charge in [-0.3, -0.25) is 9.59 Å². The second kappa shape index (κ2) is 8.73. The predicted molar refractivity (Wildman–Crippen MR) is 87.4 cm³/mol. The lowest BCUT2D eigenvalue weighted by Gasteiger charge is -2.07. The second-order valence-corrected chi connectivity index (χ2v) is 5.04. The molecule has 0 unspecified atom stereocenters. The molecule has 1 N–H and O–H groups in total. The van der Waals surface area contributed by atoms with Crippen LogP contribution in [0.1, 0.15) is 18.9 Å². The van der Waals surface area contributed by atoms with Crippen LogP contribution >= 0.6 is 0 Å². The molecule has 6 nitrogen and oxygen atoms in total. The highest BCUT2D eigenvalue weighted by molar-refractivity contribution is 5.78. The summed E-state index contributed by atoms with van der Waals surface area (Å²) in [4.78, 5) is 23.3. The monoisotopic (exact) mass is 315 g/mol. The molecule has 0 aliphatic rings. The minimum atomic E-state index is -0.131. The van der Waals surface area contributed by atoms with E-state index in [-0.39, 0.29) is 11.5 Å². The maximum absolute atomic E-state index is 11.9. The van der Waals surface area contributed by atoms with Gasteiger partial charge < -0.3 is 10.1 Å². The van der Waals surface area contributed by atoms with Crippen molar-refractivity contribution in [2.45, 2.75) is 26.3 Å². The van der Waals surface area contributed by atoms with Crippen molar-refractivity contribution in [3.8, 4) is 5.75 Å². The Morgan fingerprint density at radius 2 is 2.04 bits per heavy atom. The first kappa shape index (κ1) is 16.7. The van der Waals surface area contributed by atoms with Gasteiger partial charge in [0.1, 0.15) is 5.75 Å². The summed E-state index contributed by atoms with van der Waals surface area (Å²) in [5.74, 6) is 0.764. The summed E-state index contributed by atoms with van der Waals surface area (Å²) in [6, 6.07) is 10.6. The Bertz CT molecular complexity index is 680. The molecule has 1 aromatic carbocycles. The largest absolute Gasteiger partial charge is 0.494 e. The van der Waals surface area contributed by atoms with Crippen LogP contribution in [-0.4, -0.2) is 28.8 Å². The number of rotatable bonds is 8. The molecule has 0 aliphatic heterocycles. The van der Waals surface area contributed by atoms with Gasteiger partial charge >= 0.3 is 0 Å². The van der Waals surface area contributed by atoms with Crippen molar-refractivity contribution >= 4 is 5.91 Å². The number of aromatic nitrogens is 2. The molecule has 0 saturated carbocycles. The summed E-state index contributed by atoms with van der Waals surface area (Å²) >= 11 is 0. The molecule has 0 atom stereocenters. The van der Waals surface area contributed by atoms with Crippen LogP contribution in [0.4, 0.5) is 0 Å². The van der Waals surface area contributed by atoms with Crippen LogP contribution in [0.5, 0.6) is 5.75 Å². The van der Waals surface area contributed by atoms with Crippen LogP contribution in [0.15, 0.2) is 47.4 Å². The Kier molecular flexibility index (Phi) is 6.35. The number of carbonyl (C=O) groups is 1. The SMILES string of the molecule is CCOc1ccc(CC(=O)NCCCn2ncccc2=O)cc1. The molecule has 0 bridgehead atoms. The smallest absolute Gasteiger partial charge is 0.266 e. The number of ether oxygens (including phenoxy) is 1. The van der Waals surface area contributed by atoms with Crippen molar-refractivity contribution in [1.82, 2.24) is 15.1 Å². The van der Waals surface area contributed by atoms with Crippen molar-refractivity contribution in [1.29, 1.82) is 0 Å². The molecular formula is C17H21N3O3. The number of benzene rings is 1. The van der Waals surface area contributed by atoms with Crippen molar-refractivity contribution in [2.75, 3.05) is 13.2 Å². The first-order chi connectivity index (χ1) is 11.2. The van der Waals surface area contributed by atoms with E-state index in [4.69, 9.17) is 4.74 Å². The van der Waals surface area contributed by atoms with Crippen molar-refractivity contribution in [3.63, 3.8) is 0 Å². The quantitative estimate of drug-likeness (QED) is 0.747. The summed E-state index contributed by atoms with van der Waals surface area (Å²) in [7, 11) is 0. The van der Waals surface area contributed by atoms with E-state index in [1.807, 2.05) is 31.2 Å². The number of amides is 1. The number of hydrogen-bond donors (Lipinski definition) is 1. The number of nitrogens with one attached hydrogen (secondary N) is 1. The van der Waals surface area contributed by atoms with Crippen LogP contribution in [-0.2, 0) is 17.8 Å². The molecule has 0 spiro atoms. The van der Waals surface area contributed by atoms with Crippen LogP contribution in [0.2, 0.25) is 0 Å². The molecule has 6 heteroatoms. The number of hydrogen-bond acceptors (Lipinski definition) is 4. The molecule has 122 valence electrons. The number of nitrogens with zero attached hydrogens (tertiary/aromatic N) is 2. The first-order valence-electron chi connectivity index (χ1n) is 7.69. The Balaban J connectivity index is 1.71. The minimum Gasteiger partial charge on any atom is -0.494 e. The van der Waals surface area contributed by atoms with E-state index in [0.717, 1.165) is 11.3 Å². The normalized spacial score (nSPS) is 10.3. The topological polar surface area (TPSA) is 73.2 Å². The highest BCUT2D eigenvalue weighted by atomic mass is 16.5. The predicted octanol–water partition coefficient (Wildman–Crippen LogP) is 1.39. The fourth-order valence-electron chi connectivity index (χ4n) is 2.13. The zero-order chi connectivity index (χ0) is 16.5. The fraction of sp³-hybridized carbons (Fsp3) is 0.353. The third kappa shape index (κ3) is 5.58. The van der Waals surface area contributed by atoms with E-state index in [1.165, 1.54) is 10.7 Å². The Hall–Kier alpha value is -2.63. The van der Waals surface area contributed by atoms with Gasteiger partial charge in [-0.25, -0.2) is 4.68 Å². The van der Waals surface area contributed by atoms with Gasteiger partial charge in [-0.15, -0.1) is 0 Å². The maximum Gasteiger partial charge on any atom is 0.266 e. The van der Waals surface area contributed by atoms with Crippen molar-refractivity contribution in [2.24, 2.45) is 0 Å². The van der Waals surface area contributed by atoms with Crippen LogP contribution in [0, 0.1) is 0 Å². The van der Waals surface area contributed by atoms with Gasteiger partial charge in [-0.1, -0.05) is 12.1 Å². The maximum atomic E-state index is 11.9. The zero-order valence-corrected chi connectivity index (χ0v) is 13.2. The zero-order valence-electron chi connectivity index (χ0n) is 13.2. The van der Waals surface area contributed by atoms with Crippen LogP contribution < -0.4 is 15.6 Å². The summed E-state index contributed by atoms with van der Waals surface area (Å²) < 4.78 is 6.75. The summed E-state index contributed by atoms with van der Waals surface area (Å²) in [5.41, 5.74) is 0.806. The Labute approximate surface area is 135 Å². The van der Waals surface area contributed by atoms with Gasteiger partial charge in [0.2, 0.25) is 5.91 Å². The van der Waals surface area contributed by atoms with Gasteiger partial charge in [-0.2, -0.15) is 5.10 Å². The average Bonchev–Trinajstić information content (AvgIpc) is 2.55. The Morgan fingerprint density at radius 3 is 2.74 bits per heavy atom. The van der Waals surface area contributed by atoms with Gasteiger partial charge in [0.05, 0.1) is 13.0 Å². The third-order valence-corrected chi connectivity index (χ3v) is 3.25. The molecule has 0 radical (unpaired) electrons. The molecule has 23 heavy (non-hydrogen) atoms. The summed E-state index contributed by atoms with van der Waals surface area (Å²) in [5, 5.41) is 6.81. The van der Waals surface area contributed by atoms with Gasteiger partial charge in [0.25, 0.3) is 5.56 Å². The Morgan fingerprint density at radius 1 is 1.26 bits per heavy atom. The molecule has 0 fully saturated rings. The fourth-order valence-corrected chi connectivity index (χ4v) is 2.13. The van der Waals surface area contributed by atoms with Gasteiger partial charge in [0, 0.05) is 25.4 Å². The molecule has 1 aromatic heterocycles. The van der Waals surface area contributed by atoms with E-state index in [2.05, 4.69) is 10.4 Å². The molecule has 0 aliphatic carbocycles. The lowest BCUT2D eigenvalue weighted by atomic mass is 10.1. The molecular weight excluding hydrogens is 294 g/mol. The molecule has 1 heterocycles. The highest BCUT2D eigenvalue weighted by Crippen LogP contribution is 2.12. The first-order valence-corrected chi connectivity index (χ1v) is 7.69. The molecule has 2 aromatic rings. The average molecular weight is 315 g/mol. The standard InChI is InChI=1S/C17H21N3O3/c1-2-23-15-8-6-14(7-9-15)13-16(21)18-10-4-12-20-17(22)5-3-11-19-20/h3,5-9,11H,2,4,10,12-13H2,1H3,(H,18,21). The highest BCUT2D eigenvalue weighted by Gasteiger charge is 2.03. The molecule has 1 amide bonds. The van der Waals surface area contributed by atoms with E-state index in [0.29, 0.717) is 32.5 Å². The summed E-state index contributed by atoms with van der Waals surface area (Å²) in [6.07, 6.45) is 2.56. The van der Waals surface area contributed by atoms with E-state index in [1.54, 1.807) is 12.3 Å². The molecule has 0 saturated heterocycles.